The summed E-state index contributed by atoms with van der Waals surface area (Å²) in [6, 6.07) is 20.3. The van der Waals surface area contributed by atoms with Gasteiger partial charge in [0.1, 0.15) is 0 Å². The summed E-state index contributed by atoms with van der Waals surface area (Å²) in [6.45, 7) is 0. The lowest BCUT2D eigenvalue weighted by atomic mass is 10.0. The van der Waals surface area contributed by atoms with Gasteiger partial charge in [-0.3, -0.25) is 4.63 Å². The van der Waals surface area contributed by atoms with Crippen LogP contribution < -0.4 is 4.90 Å². The highest BCUT2D eigenvalue weighted by Gasteiger charge is 2.18. The van der Waals surface area contributed by atoms with Crippen molar-refractivity contribution in [1.82, 2.24) is 5.16 Å². The van der Waals surface area contributed by atoms with E-state index in [-0.39, 0.29) is 0 Å². The van der Waals surface area contributed by atoms with Crippen LogP contribution in [0.3, 0.4) is 0 Å². The number of rotatable bonds is 6. The Labute approximate surface area is 129 Å². The van der Waals surface area contributed by atoms with Crippen molar-refractivity contribution in [3.8, 4) is 0 Å². The third-order valence-corrected chi connectivity index (χ3v) is 3.77. The quantitative estimate of drug-likeness (QED) is 0.657. The SMILES string of the molecule is [O-][n+]1onc(CCc2ccccc2)c1CCc1ccccc1. The Morgan fingerprint density at radius 3 is 1.91 bits per heavy atom. The molecular weight excluding hydrogens is 276 g/mol. The molecule has 112 valence electrons. The molecule has 22 heavy (non-hydrogen) atoms. The minimum Gasteiger partial charge on any atom is -0.359 e. The van der Waals surface area contributed by atoms with E-state index in [9.17, 15) is 5.21 Å². The van der Waals surface area contributed by atoms with Crippen molar-refractivity contribution >= 4 is 0 Å². The zero-order valence-electron chi connectivity index (χ0n) is 12.3. The largest absolute Gasteiger partial charge is 0.359 e. The number of nitrogens with zero attached hydrogens (tertiary/aromatic N) is 2. The van der Waals surface area contributed by atoms with E-state index < -0.39 is 0 Å². The van der Waals surface area contributed by atoms with Gasteiger partial charge in [0.15, 0.2) is 5.69 Å². The predicted octanol–water partition coefficient (Wildman–Crippen LogP) is 2.88. The number of hydrogen-bond donors (Lipinski definition) is 0. The minimum atomic E-state index is 0.545. The molecule has 4 nitrogen and oxygen atoms in total. The molecule has 4 heteroatoms. The summed E-state index contributed by atoms with van der Waals surface area (Å²) in [7, 11) is 0. The molecule has 0 bridgehead atoms. The molecule has 0 saturated carbocycles. The molecule has 0 saturated heterocycles. The minimum absolute atomic E-state index is 0.545. The Hall–Kier alpha value is -2.62. The smallest absolute Gasteiger partial charge is 0.221 e. The molecule has 0 atom stereocenters. The first kappa shape index (κ1) is 14.3. The van der Waals surface area contributed by atoms with Crippen LogP contribution in [0.25, 0.3) is 0 Å². The van der Waals surface area contributed by atoms with Gasteiger partial charge >= 0.3 is 0 Å². The molecule has 0 aliphatic carbocycles. The second kappa shape index (κ2) is 6.89. The van der Waals surface area contributed by atoms with Crippen molar-refractivity contribution in [3.05, 3.63) is 88.4 Å². The molecule has 1 aromatic heterocycles. The second-order valence-corrected chi connectivity index (χ2v) is 5.29. The van der Waals surface area contributed by atoms with Crippen LogP contribution in [0.4, 0.5) is 0 Å². The molecule has 2 aromatic carbocycles. The highest BCUT2D eigenvalue weighted by Crippen LogP contribution is 2.11. The maximum absolute atomic E-state index is 11.8. The van der Waals surface area contributed by atoms with Crippen LogP contribution in [-0.4, -0.2) is 5.16 Å². The first-order valence-electron chi connectivity index (χ1n) is 7.48. The van der Waals surface area contributed by atoms with E-state index in [1.807, 2.05) is 36.4 Å². The van der Waals surface area contributed by atoms with E-state index in [1.165, 1.54) is 11.1 Å². The molecule has 0 spiro atoms. The van der Waals surface area contributed by atoms with Crippen molar-refractivity contribution in [1.29, 1.82) is 0 Å². The molecular formula is C18H18N2O2. The Morgan fingerprint density at radius 1 is 0.773 bits per heavy atom. The van der Waals surface area contributed by atoms with Crippen molar-refractivity contribution in [2.24, 2.45) is 0 Å². The van der Waals surface area contributed by atoms with Gasteiger partial charge in [-0.05, 0) is 28.9 Å². The van der Waals surface area contributed by atoms with Crippen LogP contribution in [0.2, 0.25) is 0 Å². The molecule has 3 aromatic rings. The zero-order chi connectivity index (χ0) is 15.2. The van der Waals surface area contributed by atoms with Crippen molar-refractivity contribution < 1.29 is 9.53 Å². The normalized spacial score (nSPS) is 10.7. The molecule has 0 unspecified atom stereocenters. The van der Waals surface area contributed by atoms with E-state index in [0.717, 1.165) is 18.5 Å². The van der Waals surface area contributed by atoms with E-state index >= 15 is 0 Å². The summed E-state index contributed by atoms with van der Waals surface area (Å²) < 4.78 is 4.78. The second-order valence-electron chi connectivity index (χ2n) is 5.29. The maximum atomic E-state index is 11.8. The Bertz CT molecular complexity index is 708. The zero-order valence-corrected chi connectivity index (χ0v) is 12.3. The van der Waals surface area contributed by atoms with Crippen LogP contribution in [0, 0.1) is 5.21 Å². The molecule has 0 radical (unpaired) electrons. The van der Waals surface area contributed by atoms with Gasteiger partial charge in [0.05, 0.1) is 0 Å². The molecule has 3 rings (SSSR count). The van der Waals surface area contributed by atoms with Crippen LogP contribution in [-0.2, 0) is 25.7 Å². The summed E-state index contributed by atoms with van der Waals surface area (Å²) in [5.41, 5.74) is 3.84. The molecule has 0 N–H and O–H groups in total. The first-order chi connectivity index (χ1) is 10.8. The third kappa shape index (κ3) is 3.52. The van der Waals surface area contributed by atoms with Crippen LogP contribution in [0.5, 0.6) is 0 Å². The monoisotopic (exact) mass is 294 g/mol. The lowest BCUT2D eigenvalue weighted by Crippen LogP contribution is -2.29. The summed E-state index contributed by atoms with van der Waals surface area (Å²) in [4.78, 5) is 0.545. The highest BCUT2D eigenvalue weighted by atomic mass is 16.8. The molecule has 0 fully saturated rings. The van der Waals surface area contributed by atoms with Gasteiger partial charge in [0.25, 0.3) is 0 Å². The average Bonchev–Trinajstić information content (AvgIpc) is 2.93. The van der Waals surface area contributed by atoms with Gasteiger partial charge in [-0.2, -0.15) is 0 Å². The fraction of sp³-hybridized carbons (Fsp3) is 0.222. The van der Waals surface area contributed by atoms with Crippen LogP contribution in [0.15, 0.2) is 65.3 Å². The van der Waals surface area contributed by atoms with Crippen molar-refractivity contribution in [3.63, 3.8) is 0 Å². The Balaban J connectivity index is 1.65. The number of aromatic nitrogens is 2. The van der Waals surface area contributed by atoms with Crippen LogP contribution in [0.1, 0.15) is 22.5 Å². The summed E-state index contributed by atoms with van der Waals surface area (Å²) in [5.74, 6) is 0. The Morgan fingerprint density at radius 2 is 1.32 bits per heavy atom. The molecule has 0 amide bonds. The van der Waals surface area contributed by atoms with Crippen molar-refractivity contribution in [2.45, 2.75) is 25.7 Å². The topological polar surface area (TPSA) is 53.0 Å². The van der Waals surface area contributed by atoms with E-state index in [1.54, 1.807) is 0 Å². The third-order valence-electron chi connectivity index (χ3n) is 3.77. The molecule has 0 aliphatic rings. The Kier molecular flexibility index (Phi) is 4.49. The van der Waals surface area contributed by atoms with Gasteiger partial charge in [0, 0.05) is 18.0 Å². The van der Waals surface area contributed by atoms with E-state index in [4.69, 9.17) is 4.63 Å². The van der Waals surface area contributed by atoms with Crippen LogP contribution >= 0.6 is 0 Å². The first-order valence-corrected chi connectivity index (χ1v) is 7.48. The standard InChI is InChI=1S/C18H18N2O2/c21-20-18(14-12-16-9-5-2-6-10-16)17(19-22-20)13-11-15-7-3-1-4-8-15/h1-10H,11-14H2. The lowest BCUT2D eigenvalue weighted by molar-refractivity contribution is -0.807. The molecule has 1 heterocycles. The van der Waals surface area contributed by atoms with E-state index in [0.29, 0.717) is 23.4 Å². The number of aryl methyl sites for hydroxylation is 3. The van der Waals surface area contributed by atoms with Gasteiger partial charge in [0.2, 0.25) is 5.69 Å². The maximum Gasteiger partial charge on any atom is 0.221 e. The van der Waals surface area contributed by atoms with Gasteiger partial charge in [-0.15, -0.1) is 0 Å². The summed E-state index contributed by atoms with van der Waals surface area (Å²) >= 11 is 0. The summed E-state index contributed by atoms with van der Waals surface area (Å²) in [6.07, 6.45) is 3.02. The molecule has 0 aliphatic heterocycles. The predicted molar refractivity (Wildman–Crippen MR) is 83.2 cm³/mol. The fourth-order valence-electron chi connectivity index (χ4n) is 2.53. The van der Waals surface area contributed by atoms with E-state index in [2.05, 4.69) is 29.4 Å². The summed E-state index contributed by atoms with van der Waals surface area (Å²) in [5, 5.41) is 15.7. The fourth-order valence-corrected chi connectivity index (χ4v) is 2.53. The average molecular weight is 294 g/mol. The lowest BCUT2D eigenvalue weighted by Gasteiger charge is -2.01. The van der Waals surface area contributed by atoms with Gasteiger partial charge in [-0.1, -0.05) is 60.7 Å². The number of hydrogen-bond acceptors (Lipinski definition) is 3. The highest BCUT2D eigenvalue weighted by molar-refractivity contribution is 5.19. The van der Waals surface area contributed by atoms with Gasteiger partial charge in [-0.25, -0.2) is 0 Å². The number of benzene rings is 2. The van der Waals surface area contributed by atoms with Crippen molar-refractivity contribution in [2.75, 3.05) is 0 Å². The van der Waals surface area contributed by atoms with Gasteiger partial charge < -0.3 is 5.21 Å².